The predicted molar refractivity (Wildman–Crippen MR) is 110 cm³/mol. The average Bonchev–Trinajstić information content (AvgIpc) is 2.77. The van der Waals surface area contributed by atoms with Crippen molar-refractivity contribution in [2.75, 3.05) is 37.6 Å². The number of fused-ring (bicyclic) bond motifs is 1. The van der Waals surface area contributed by atoms with Gasteiger partial charge in [0.2, 0.25) is 5.91 Å². The van der Waals surface area contributed by atoms with Gasteiger partial charge in [0.25, 0.3) is 0 Å². The van der Waals surface area contributed by atoms with E-state index in [2.05, 4.69) is 28.1 Å². The van der Waals surface area contributed by atoms with Gasteiger partial charge in [-0.15, -0.1) is 0 Å². The van der Waals surface area contributed by atoms with E-state index < -0.39 is 0 Å². The Bertz CT molecular complexity index is 707. The van der Waals surface area contributed by atoms with Gasteiger partial charge in [-0.05, 0) is 31.9 Å². The molecule has 1 aliphatic carbocycles. The lowest BCUT2D eigenvalue weighted by molar-refractivity contribution is -0.126. The second-order valence-corrected chi connectivity index (χ2v) is 8.06. The minimum absolute atomic E-state index is 0.235. The maximum Gasteiger partial charge on any atom is 0.223 e. The lowest BCUT2D eigenvalue weighted by atomic mass is 9.88. The number of carbonyl (C=O) groups excluding carboxylic acids is 1. The number of hydrogen-bond acceptors (Lipinski definition) is 5. The fourth-order valence-electron chi connectivity index (χ4n) is 4.45. The van der Waals surface area contributed by atoms with E-state index in [1.807, 2.05) is 12.1 Å². The van der Waals surface area contributed by atoms with Crippen LogP contribution in [0.2, 0.25) is 0 Å². The summed E-state index contributed by atoms with van der Waals surface area (Å²) in [5, 5.41) is 3.19. The van der Waals surface area contributed by atoms with Gasteiger partial charge in [-0.2, -0.15) is 0 Å². The highest BCUT2D eigenvalue weighted by Crippen LogP contribution is 2.40. The molecule has 28 heavy (non-hydrogen) atoms. The highest BCUT2D eigenvalue weighted by atomic mass is 16.5. The first-order chi connectivity index (χ1) is 13.7. The van der Waals surface area contributed by atoms with Crippen molar-refractivity contribution in [3.63, 3.8) is 0 Å². The number of hydrogen-bond donors (Lipinski definition) is 1. The second kappa shape index (κ2) is 8.86. The summed E-state index contributed by atoms with van der Waals surface area (Å²) >= 11 is 0. The van der Waals surface area contributed by atoms with Gasteiger partial charge in [-0.1, -0.05) is 25.3 Å². The van der Waals surface area contributed by atoms with E-state index in [0.29, 0.717) is 6.04 Å². The van der Waals surface area contributed by atoms with Crippen LogP contribution in [-0.2, 0) is 4.79 Å². The van der Waals surface area contributed by atoms with Crippen molar-refractivity contribution in [3.8, 4) is 11.5 Å². The Morgan fingerprint density at radius 3 is 2.64 bits per heavy atom. The highest BCUT2D eigenvalue weighted by molar-refractivity contribution is 5.78. The monoisotopic (exact) mass is 385 g/mol. The molecule has 2 fully saturated rings. The number of benzene rings is 1. The smallest absolute Gasteiger partial charge is 0.223 e. The molecule has 1 N–H and O–H groups in total. The van der Waals surface area contributed by atoms with Crippen LogP contribution in [0, 0.1) is 5.92 Å². The van der Waals surface area contributed by atoms with Crippen LogP contribution in [0.4, 0.5) is 5.69 Å². The van der Waals surface area contributed by atoms with E-state index in [9.17, 15) is 4.79 Å². The lowest BCUT2D eigenvalue weighted by Crippen LogP contribution is -2.52. The Hall–Kier alpha value is -2.21. The molecule has 6 heteroatoms. The quantitative estimate of drug-likeness (QED) is 0.844. The number of para-hydroxylation sites is 1. The van der Waals surface area contributed by atoms with Gasteiger partial charge in [-0.25, -0.2) is 0 Å². The Morgan fingerprint density at radius 2 is 1.86 bits per heavy atom. The first-order valence-corrected chi connectivity index (χ1v) is 10.6. The highest BCUT2D eigenvalue weighted by Gasteiger charge is 2.26. The first-order valence-electron chi connectivity index (χ1n) is 10.6. The number of ether oxygens (including phenoxy) is 2. The zero-order chi connectivity index (χ0) is 19.3. The van der Waals surface area contributed by atoms with Crippen LogP contribution in [0.1, 0.15) is 39.0 Å². The Labute approximate surface area is 167 Å². The molecule has 1 aromatic carbocycles. The van der Waals surface area contributed by atoms with Gasteiger partial charge in [0.05, 0.1) is 5.69 Å². The number of piperazine rings is 1. The van der Waals surface area contributed by atoms with Crippen molar-refractivity contribution in [3.05, 3.63) is 30.7 Å². The molecule has 1 atom stereocenters. The van der Waals surface area contributed by atoms with E-state index in [1.165, 1.54) is 19.3 Å². The van der Waals surface area contributed by atoms with E-state index >= 15 is 0 Å². The maximum absolute atomic E-state index is 12.4. The second-order valence-electron chi connectivity index (χ2n) is 8.06. The minimum atomic E-state index is 0.235. The molecule has 0 aromatic heterocycles. The summed E-state index contributed by atoms with van der Waals surface area (Å²) < 4.78 is 11.2. The number of nitrogens with zero attached hydrogens (tertiary/aromatic N) is 2. The van der Waals surface area contributed by atoms with Crippen LogP contribution in [0.25, 0.3) is 0 Å². The van der Waals surface area contributed by atoms with Crippen molar-refractivity contribution >= 4 is 11.6 Å². The van der Waals surface area contributed by atoms with Crippen LogP contribution in [0.15, 0.2) is 30.7 Å². The molecule has 4 rings (SSSR count). The summed E-state index contributed by atoms with van der Waals surface area (Å²) in [4.78, 5) is 17.2. The maximum atomic E-state index is 12.4. The Balaban J connectivity index is 1.27. The van der Waals surface area contributed by atoms with Crippen LogP contribution < -0.4 is 19.7 Å². The number of nitrogens with one attached hydrogen (secondary N) is 1. The van der Waals surface area contributed by atoms with Gasteiger partial charge in [0.1, 0.15) is 12.5 Å². The number of anilines is 1. The standard InChI is InChI=1S/C22H31N3O3/c1-17(16-23-22(26)18-6-3-2-4-7-18)24-10-12-25(13-11-24)19-8-5-9-20-21(19)28-15-14-27-20/h5,8-9,14-15,17-18H,2-4,6-7,10-13,16H2,1H3,(H,23,26). The van der Waals surface area contributed by atoms with Gasteiger partial charge in [0.15, 0.2) is 11.5 Å². The predicted octanol–water partition coefficient (Wildman–Crippen LogP) is 3.14. The van der Waals surface area contributed by atoms with E-state index in [-0.39, 0.29) is 11.8 Å². The molecule has 0 spiro atoms. The molecular weight excluding hydrogens is 354 g/mol. The first kappa shape index (κ1) is 19.1. The molecule has 0 bridgehead atoms. The SMILES string of the molecule is CC(CNC(=O)C1CCCCC1)N1CCN(c2cccc3c2OC=CO3)CC1. The lowest BCUT2D eigenvalue weighted by Gasteiger charge is -2.39. The largest absolute Gasteiger partial charge is 0.458 e. The third-order valence-electron chi connectivity index (χ3n) is 6.22. The molecule has 0 radical (unpaired) electrons. The summed E-state index contributed by atoms with van der Waals surface area (Å²) in [6.07, 6.45) is 8.93. The number of carbonyl (C=O) groups is 1. The molecule has 1 unspecified atom stereocenters. The fourth-order valence-corrected chi connectivity index (χ4v) is 4.45. The van der Waals surface area contributed by atoms with Crippen LogP contribution in [-0.4, -0.2) is 49.6 Å². The third kappa shape index (κ3) is 4.27. The van der Waals surface area contributed by atoms with Crippen LogP contribution >= 0.6 is 0 Å². The molecule has 6 nitrogen and oxygen atoms in total. The number of rotatable bonds is 5. The fraction of sp³-hybridized carbons (Fsp3) is 0.591. The van der Waals surface area contributed by atoms with Crippen molar-refractivity contribution in [1.82, 2.24) is 10.2 Å². The topological polar surface area (TPSA) is 54.0 Å². The van der Waals surface area contributed by atoms with Crippen LogP contribution in [0.3, 0.4) is 0 Å². The molecule has 1 aromatic rings. The third-order valence-corrected chi connectivity index (χ3v) is 6.22. The molecule has 2 aliphatic heterocycles. The number of amides is 1. The normalized spacial score (nSPS) is 21.4. The molecule has 2 heterocycles. The molecule has 1 saturated heterocycles. The van der Waals surface area contributed by atoms with Gasteiger partial charge in [-0.3, -0.25) is 9.69 Å². The molecule has 3 aliphatic rings. The zero-order valence-corrected chi connectivity index (χ0v) is 16.7. The average molecular weight is 386 g/mol. The Kier molecular flexibility index (Phi) is 6.05. The van der Waals surface area contributed by atoms with Crippen molar-refractivity contribution in [2.45, 2.75) is 45.1 Å². The van der Waals surface area contributed by atoms with Crippen molar-refractivity contribution in [2.24, 2.45) is 5.92 Å². The molecular formula is C22H31N3O3. The summed E-state index contributed by atoms with van der Waals surface area (Å²) in [5.74, 6) is 2.05. The summed E-state index contributed by atoms with van der Waals surface area (Å²) in [5.41, 5.74) is 1.08. The van der Waals surface area contributed by atoms with Crippen LogP contribution in [0.5, 0.6) is 11.5 Å². The summed E-state index contributed by atoms with van der Waals surface area (Å²) in [6.45, 7) is 6.76. The van der Waals surface area contributed by atoms with Crippen molar-refractivity contribution in [1.29, 1.82) is 0 Å². The van der Waals surface area contributed by atoms with Crippen molar-refractivity contribution < 1.29 is 14.3 Å². The van der Waals surface area contributed by atoms with Gasteiger partial charge in [0, 0.05) is 44.7 Å². The zero-order valence-electron chi connectivity index (χ0n) is 16.7. The van der Waals surface area contributed by atoms with Gasteiger partial charge < -0.3 is 19.7 Å². The minimum Gasteiger partial charge on any atom is -0.458 e. The van der Waals surface area contributed by atoms with E-state index in [4.69, 9.17) is 9.47 Å². The van der Waals surface area contributed by atoms with E-state index in [1.54, 1.807) is 12.5 Å². The summed E-state index contributed by atoms with van der Waals surface area (Å²) in [7, 11) is 0. The van der Waals surface area contributed by atoms with E-state index in [0.717, 1.165) is 62.8 Å². The molecule has 1 saturated carbocycles. The Morgan fingerprint density at radius 1 is 1.11 bits per heavy atom. The summed E-state index contributed by atoms with van der Waals surface area (Å²) in [6, 6.07) is 6.37. The molecule has 152 valence electrons. The molecule has 1 amide bonds. The van der Waals surface area contributed by atoms with Gasteiger partial charge >= 0.3 is 0 Å².